The van der Waals surface area contributed by atoms with Gasteiger partial charge in [-0.25, -0.2) is 4.79 Å². The fourth-order valence-electron chi connectivity index (χ4n) is 3.69. The lowest BCUT2D eigenvalue weighted by Gasteiger charge is -2.13. The van der Waals surface area contributed by atoms with Gasteiger partial charge >= 0.3 is 5.97 Å². The van der Waals surface area contributed by atoms with Gasteiger partial charge in [0.25, 0.3) is 16.8 Å². The minimum atomic E-state index is -0.709. The van der Waals surface area contributed by atoms with E-state index in [9.17, 15) is 29.3 Å². The van der Waals surface area contributed by atoms with Crippen molar-refractivity contribution in [2.45, 2.75) is 23.6 Å². The van der Waals surface area contributed by atoms with E-state index < -0.39 is 34.5 Å². The molecule has 210 valence electrons. The van der Waals surface area contributed by atoms with Crippen molar-refractivity contribution in [2.24, 2.45) is 0 Å². The number of anilines is 1. The minimum absolute atomic E-state index is 0.0205. The fraction of sp³-hybridized carbons (Fsp3) is 0.143. The number of carbonyl (C=O) groups excluding carboxylic acids is 4. The van der Waals surface area contributed by atoms with Crippen LogP contribution in [0.4, 0.5) is 16.2 Å². The second-order valence-corrected chi connectivity index (χ2v) is 11.1. The normalized spacial score (nSPS) is 13.9. The number of hydrogen-bond donors (Lipinski definition) is 1. The van der Waals surface area contributed by atoms with E-state index in [1.54, 1.807) is 19.1 Å². The molecule has 13 heteroatoms. The number of esters is 1. The number of thioether (sulfide) groups is 1. The first kappa shape index (κ1) is 29.8. The van der Waals surface area contributed by atoms with Gasteiger partial charge in [-0.15, -0.1) is 0 Å². The van der Waals surface area contributed by atoms with Crippen LogP contribution in [0.3, 0.4) is 0 Å². The van der Waals surface area contributed by atoms with E-state index in [-0.39, 0.29) is 33.5 Å². The largest absolute Gasteiger partial charge is 0.462 e. The second-order valence-electron chi connectivity index (χ2n) is 8.63. The fourth-order valence-corrected chi connectivity index (χ4v) is 5.62. The van der Waals surface area contributed by atoms with Gasteiger partial charge in [-0.05, 0) is 73.6 Å². The number of benzene rings is 3. The van der Waals surface area contributed by atoms with Gasteiger partial charge in [0.1, 0.15) is 6.54 Å². The monoisotopic (exact) mass is 611 g/mol. The predicted molar refractivity (Wildman–Crippen MR) is 157 cm³/mol. The quantitative estimate of drug-likeness (QED) is 0.123. The molecule has 0 saturated carbocycles. The summed E-state index contributed by atoms with van der Waals surface area (Å²) in [6, 6.07) is 16.3. The van der Waals surface area contributed by atoms with Crippen molar-refractivity contribution >= 4 is 75.6 Å². The van der Waals surface area contributed by atoms with Gasteiger partial charge in [0.15, 0.2) is 0 Å². The van der Waals surface area contributed by atoms with Gasteiger partial charge in [-0.1, -0.05) is 47.1 Å². The number of amides is 3. The minimum Gasteiger partial charge on any atom is -0.462 e. The average molecular weight is 612 g/mol. The molecule has 1 aliphatic heterocycles. The molecule has 3 aromatic carbocycles. The van der Waals surface area contributed by atoms with Crippen molar-refractivity contribution in [2.75, 3.05) is 18.5 Å². The maximum Gasteiger partial charge on any atom is 0.339 e. The van der Waals surface area contributed by atoms with Gasteiger partial charge in [-0.3, -0.25) is 29.4 Å². The molecule has 3 amide bonds. The third-order valence-electron chi connectivity index (χ3n) is 5.65. The second kappa shape index (κ2) is 13.0. The van der Waals surface area contributed by atoms with Gasteiger partial charge in [0.2, 0.25) is 5.91 Å². The summed E-state index contributed by atoms with van der Waals surface area (Å²) in [5.41, 5.74) is 1.55. The van der Waals surface area contributed by atoms with Gasteiger partial charge in [-0.2, -0.15) is 0 Å². The molecule has 0 spiro atoms. The molecule has 0 atom stereocenters. The van der Waals surface area contributed by atoms with E-state index in [4.69, 9.17) is 16.3 Å². The van der Waals surface area contributed by atoms with Crippen molar-refractivity contribution < 1.29 is 28.8 Å². The first-order valence-corrected chi connectivity index (χ1v) is 14.1. The first-order valence-electron chi connectivity index (χ1n) is 12.1. The van der Waals surface area contributed by atoms with Crippen LogP contribution in [0, 0.1) is 17.0 Å². The van der Waals surface area contributed by atoms with E-state index in [2.05, 4.69) is 5.32 Å². The zero-order valence-electron chi connectivity index (χ0n) is 21.7. The Balaban J connectivity index is 1.47. The van der Waals surface area contributed by atoms with Crippen LogP contribution in [0.2, 0.25) is 5.02 Å². The van der Waals surface area contributed by atoms with Gasteiger partial charge in [0, 0.05) is 16.6 Å². The lowest BCUT2D eigenvalue weighted by Crippen LogP contribution is -2.36. The van der Waals surface area contributed by atoms with Crippen LogP contribution < -0.4 is 5.32 Å². The molecule has 41 heavy (non-hydrogen) atoms. The predicted octanol–water partition coefficient (Wildman–Crippen LogP) is 6.56. The van der Waals surface area contributed by atoms with Crippen LogP contribution >= 0.6 is 35.1 Å². The third kappa shape index (κ3) is 7.34. The summed E-state index contributed by atoms with van der Waals surface area (Å²) in [6.07, 6.45) is 1.38. The Labute approximate surface area is 248 Å². The van der Waals surface area contributed by atoms with Crippen LogP contribution in [0.1, 0.15) is 28.4 Å². The molecule has 0 unspecified atom stereocenters. The number of nitrogens with zero attached hydrogens (tertiary/aromatic N) is 2. The van der Waals surface area contributed by atoms with Crippen LogP contribution in [-0.4, -0.2) is 46.0 Å². The van der Waals surface area contributed by atoms with E-state index in [0.29, 0.717) is 22.2 Å². The Morgan fingerprint density at radius 3 is 2.54 bits per heavy atom. The van der Waals surface area contributed by atoms with Crippen molar-refractivity contribution in [3.8, 4) is 0 Å². The molecular formula is C28H22ClN3O7S2. The molecule has 1 saturated heterocycles. The van der Waals surface area contributed by atoms with Crippen LogP contribution in [0.5, 0.6) is 0 Å². The summed E-state index contributed by atoms with van der Waals surface area (Å²) in [5.74, 6) is -2.05. The number of carbonyl (C=O) groups is 4. The Bertz CT molecular complexity index is 1590. The Kier molecular flexibility index (Phi) is 9.48. The number of rotatable bonds is 9. The number of hydrogen-bond acceptors (Lipinski definition) is 9. The van der Waals surface area contributed by atoms with E-state index in [1.165, 1.54) is 42.1 Å². The van der Waals surface area contributed by atoms with Gasteiger partial charge in [0.05, 0.1) is 31.9 Å². The topological polar surface area (TPSA) is 136 Å². The number of nitrogens with one attached hydrogen (secondary N) is 1. The summed E-state index contributed by atoms with van der Waals surface area (Å²) in [7, 11) is 0. The molecule has 0 bridgehead atoms. The highest BCUT2D eigenvalue weighted by atomic mass is 35.5. The molecule has 4 rings (SSSR count). The summed E-state index contributed by atoms with van der Waals surface area (Å²) in [4.78, 5) is 63.5. The summed E-state index contributed by atoms with van der Waals surface area (Å²) in [5, 5.41) is 13.8. The van der Waals surface area contributed by atoms with Crippen molar-refractivity contribution in [1.82, 2.24) is 4.90 Å². The highest BCUT2D eigenvalue weighted by molar-refractivity contribution is 8.18. The van der Waals surface area contributed by atoms with Crippen LogP contribution in [0.15, 0.2) is 75.4 Å². The molecule has 3 aromatic rings. The Morgan fingerprint density at radius 1 is 1.12 bits per heavy atom. The number of aryl methyl sites for hydroxylation is 1. The number of nitro benzene ring substituents is 1. The molecule has 0 aromatic heterocycles. The Morgan fingerprint density at radius 2 is 1.85 bits per heavy atom. The molecular weight excluding hydrogens is 590 g/mol. The molecule has 1 N–H and O–H groups in total. The number of imide groups is 1. The highest BCUT2D eigenvalue weighted by Gasteiger charge is 2.36. The van der Waals surface area contributed by atoms with Crippen LogP contribution in [-0.2, 0) is 14.3 Å². The lowest BCUT2D eigenvalue weighted by molar-refractivity contribution is -0.387. The van der Waals surface area contributed by atoms with E-state index >= 15 is 0 Å². The number of nitro groups is 1. The third-order valence-corrected chi connectivity index (χ3v) is 7.96. The van der Waals surface area contributed by atoms with E-state index in [1.807, 2.05) is 31.2 Å². The molecule has 10 nitrogen and oxygen atoms in total. The summed E-state index contributed by atoms with van der Waals surface area (Å²) in [6.45, 7) is 3.15. The maximum atomic E-state index is 12.9. The maximum absolute atomic E-state index is 12.9. The summed E-state index contributed by atoms with van der Waals surface area (Å²) >= 11 is 7.91. The number of halogens is 1. The molecule has 1 aliphatic rings. The zero-order valence-corrected chi connectivity index (χ0v) is 24.1. The standard InChI is InChI=1S/C28H22ClN3O7S2/c1-3-39-27(35)20-14-18(7-10-21(20)29)30-25(33)15-31-26(34)24(41-28(31)36)13-17-6-11-23(22(12-17)32(37)38)40-19-8-4-16(2)5-9-19/h4-14H,3,15H2,1-2H3,(H,30,33). The molecule has 0 aliphatic carbocycles. The first-order chi connectivity index (χ1) is 19.5. The van der Waals surface area contributed by atoms with Crippen molar-refractivity contribution in [3.05, 3.63) is 97.4 Å². The van der Waals surface area contributed by atoms with Crippen LogP contribution in [0.25, 0.3) is 6.08 Å². The Hall–Kier alpha value is -4.13. The van der Waals surface area contributed by atoms with Gasteiger partial charge < -0.3 is 10.1 Å². The average Bonchev–Trinajstić information content (AvgIpc) is 3.19. The van der Waals surface area contributed by atoms with Crippen molar-refractivity contribution in [3.63, 3.8) is 0 Å². The van der Waals surface area contributed by atoms with Crippen molar-refractivity contribution in [1.29, 1.82) is 0 Å². The number of ether oxygens (including phenoxy) is 1. The zero-order chi connectivity index (χ0) is 29.7. The van der Waals surface area contributed by atoms with E-state index in [0.717, 1.165) is 15.4 Å². The highest BCUT2D eigenvalue weighted by Crippen LogP contribution is 2.37. The SMILES string of the molecule is CCOC(=O)c1cc(NC(=O)CN2C(=O)SC(=Cc3ccc(Sc4ccc(C)cc4)c([N+](=O)[O-])c3)C2=O)ccc1Cl. The molecule has 1 heterocycles. The molecule has 1 fully saturated rings. The smallest absolute Gasteiger partial charge is 0.339 e. The lowest BCUT2D eigenvalue weighted by atomic mass is 10.2. The molecule has 0 radical (unpaired) electrons. The summed E-state index contributed by atoms with van der Waals surface area (Å²) < 4.78 is 4.94.